The standard InChI is InChI=1S/C12H20N2/c1-4-12(14-5-2)10(3)11-6-8-13-9-7-11/h6-10,12,14H,4-5H2,1-3H3. The largest absolute Gasteiger partial charge is 0.314 e. The minimum Gasteiger partial charge on any atom is -0.314 e. The van der Waals surface area contributed by atoms with Crippen LogP contribution in [0.3, 0.4) is 0 Å². The van der Waals surface area contributed by atoms with Crippen molar-refractivity contribution in [2.24, 2.45) is 0 Å². The summed E-state index contributed by atoms with van der Waals surface area (Å²) in [4.78, 5) is 4.04. The molecule has 1 heterocycles. The van der Waals surface area contributed by atoms with Crippen molar-refractivity contribution in [2.75, 3.05) is 6.54 Å². The van der Waals surface area contributed by atoms with Gasteiger partial charge in [-0.25, -0.2) is 0 Å². The van der Waals surface area contributed by atoms with Crippen molar-refractivity contribution in [3.8, 4) is 0 Å². The molecule has 1 rings (SSSR count). The fraction of sp³-hybridized carbons (Fsp3) is 0.583. The van der Waals surface area contributed by atoms with Gasteiger partial charge in [0.1, 0.15) is 0 Å². The third-order valence-electron chi connectivity index (χ3n) is 2.74. The topological polar surface area (TPSA) is 24.9 Å². The molecule has 0 bridgehead atoms. The monoisotopic (exact) mass is 192 g/mol. The van der Waals surface area contributed by atoms with Gasteiger partial charge in [-0.1, -0.05) is 20.8 Å². The fourth-order valence-electron chi connectivity index (χ4n) is 1.84. The second-order valence-electron chi connectivity index (χ2n) is 3.64. The van der Waals surface area contributed by atoms with Crippen LogP contribution in [-0.2, 0) is 0 Å². The van der Waals surface area contributed by atoms with E-state index < -0.39 is 0 Å². The van der Waals surface area contributed by atoms with Crippen LogP contribution in [0.15, 0.2) is 24.5 Å². The number of nitrogens with zero attached hydrogens (tertiary/aromatic N) is 1. The SMILES string of the molecule is CCNC(CC)C(C)c1ccncc1. The second kappa shape index (κ2) is 5.76. The zero-order valence-corrected chi connectivity index (χ0v) is 9.33. The Labute approximate surface area is 86.8 Å². The lowest BCUT2D eigenvalue weighted by atomic mass is 9.92. The van der Waals surface area contributed by atoms with E-state index in [1.807, 2.05) is 12.4 Å². The lowest BCUT2D eigenvalue weighted by Gasteiger charge is -2.23. The molecule has 0 aliphatic rings. The van der Waals surface area contributed by atoms with Crippen LogP contribution in [0, 0.1) is 0 Å². The normalized spacial score (nSPS) is 15.1. The van der Waals surface area contributed by atoms with Crippen LogP contribution in [-0.4, -0.2) is 17.6 Å². The first kappa shape index (κ1) is 11.2. The summed E-state index contributed by atoms with van der Waals surface area (Å²) in [6, 6.07) is 4.78. The predicted molar refractivity (Wildman–Crippen MR) is 60.4 cm³/mol. The predicted octanol–water partition coefficient (Wildman–Crippen LogP) is 2.57. The van der Waals surface area contributed by atoms with Crippen LogP contribution >= 0.6 is 0 Å². The lowest BCUT2D eigenvalue weighted by molar-refractivity contribution is 0.448. The molecule has 1 N–H and O–H groups in total. The van der Waals surface area contributed by atoms with E-state index in [1.165, 1.54) is 5.56 Å². The molecule has 0 saturated carbocycles. The van der Waals surface area contributed by atoms with Gasteiger partial charge in [0, 0.05) is 18.4 Å². The van der Waals surface area contributed by atoms with Gasteiger partial charge in [-0.05, 0) is 36.6 Å². The molecule has 78 valence electrons. The van der Waals surface area contributed by atoms with Gasteiger partial charge in [-0.15, -0.1) is 0 Å². The van der Waals surface area contributed by atoms with Crippen molar-refractivity contribution in [1.82, 2.24) is 10.3 Å². The molecule has 1 aromatic heterocycles. The first-order valence-electron chi connectivity index (χ1n) is 5.42. The summed E-state index contributed by atoms with van der Waals surface area (Å²) in [6.07, 6.45) is 4.90. The lowest BCUT2D eigenvalue weighted by Crippen LogP contribution is -2.32. The van der Waals surface area contributed by atoms with Gasteiger partial charge in [0.25, 0.3) is 0 Å². The number of hydrogen-bond acceptors (Lipinski definition) is 2. The van der Waals surface area contributed by atoms with Crippen LogP contribution < -0.4 is 5.32 Å². The smallest absolute Gasteiger partial charge is 0.0270 e. The number of hydrogen-bond donors (Lipinski definition) is 1. The van der Waals surface area contributed by atoms with Gasteiger partial charge in [-0.2, -0.15) is 0 Å². The molecule has 0 aliphatic heterocycles. The van der Waals surface area contributed by atoms with Gasteiger partial charge in [0.2, 0.25) is 0 Å². The van der Waals surface area contributed by atoms with E-state index in [4.69, 9.17) is 0 Å². The van der Waals surface area contributed by atoms with Gasteiger partial charge >= 0.3 is 0 Å². The van der Waals surface area contributed by atoms with Crippen molar-refractivity contribution < 1.29 is 0 Å². The molecule has 0 fully saturated rings. The van der Waals surface area contributed by atoms with E-state index in [0.717, 1.165) is 13.0 Å². The maximum absolute atomic E-state index is 4.04. The molecule has 2 unspecified atom stereocenters. The second-order valence-corrected chi connectivity index (χ2v) is 3.64. The van der Waals surface area contributed by atoms with Crippen molar-refractivity contribution in [1.29, 1.82) is 0 Å². The highest BCUT2D eigenvalue weighted by Crippen LogP contribution is 2.19. The number of nitrogens with one attached hydrogen (secondary N) is 1. The molecular weight excluding hydrogens is 172 g/mol. The van der Waals surface area contributed by atoms with E-state index in [1.54, 1.807) is 0 Å². The zero-order chi connectivity index (χ0) is 10.4. The Kier molecular flexibility index (Phi) is 4.60. The highest BCUT2D eigenvalue weighted by atomic mass is 14.9. The Morgan fingerprint density at radius 3 is 2.43 bits per heavy atom. The summed E-state index contributed by atoms with van der Waals surface area (Å²) in [5.41, 5.74) is 1.37. The highest BCUT2D eigenvalue weighted by molar-refractivity contribution is 5.16. The Hall–Kier alpha value is -0.890. The fourth-order valence-corrected chi connectivity index (χ4v) is 1.84. The Morgan fingerprint density at radius 2 is 1.93 bits per heavy atom. The molecule has 1 aromatic rings. The van der Waals surface area contributed by atoms with Gasteiger partial charge < -0.3 is 5.32 Å². The first-order valence-corrected chi connectivity index (χ1v) is 5.42. The summed E-state index contributed by atoms with van der Waals surface area (Å²) in [7, 11) is 0. The summed E-state index contributed by atoms with van der Waals surface area (Å²) in [5.74, 6) is 0.558. The van der Waals surface area contributed by atoms with E-state index in [-0.39, 0.29) is 0 Å². The minimum absolute atomic E-state index is 0.558. The van der Waals surface area contributed by atoms with E-state index in [9.17, 15) is 0 Å². The third-order valence-corrected chi connectivity index (χ3v) is 2.74. The number of pyridine rings is 1. The van der Waals surface area contributed by atoms with Crippen LogP contribution in [0.1, 0.15) is 38.7 Å². The molecule has 2 heteroatoms. The van der Waals surface area contributed by atoms with Crippen LogP contribution in [0.2, 0.25) is 0 Å². The summed E-state index contributed by atoms with van der Waals surface area (Å²) >= 11 is 0. The molecule has 0 amide bonds. The average Bonchev–Trinajstić information content (AvgIpc) is 2.26. The molecule has 2 atom stereocenters. The number of aromatic nitrogens is 1. The minimum atomic E-state index is 0.558. The third kappa shape index (κ3) is 2.81. The van der Waals surface area contributed by atoms with Crippen molar-refractivity contribution in [2.45, 2.75) is 39.2 Å². The maximum atomic E-state index is 4.04. The number of rotatable bonds is 5. The van der Waals surface area contributed by atoms with Crippen LogP contribution in [0.4, 0.5) is 0 Å². The molecule has 0 radical (unpaired) electrons. The molecular formula is C12H20N2. The van der Waals surface area contributed by atoms with Gasteiger partial charge in [-0.3, -0.25) is 4.98 Å². The molecule has 2 nitrogen and oxygen atoms in total. The zero-order valence-electron chi connectivity index (χ0n) is 9.33. The highest BCUT2D eigenvalue weighted by Gasteiger charge is 2.15. The molecule has 0 aliphatic carbocycles. The summed E-state index contributed by atoms with van der Waals surface area (Å²) in [6.45, 7) is 7.69. The van der Waals surface area contributed by atoms with Crippen LogP contribution in [0.25, 0.3) is 0 Å². The van der Waals surface area contributed by atoms with E-state index in [0.29, 0.717) is 12.0 Å². The summed E-state index contributed by atoms with van der Waals surface area (Å²) < 4.78 is 0. The Morgan fingerprint density at radius 1 is 1.29 bits per heavy atom. The Bertz CT molecular complexity index is 246. The van der Waals surface area contributed by atoms with Crippen molar-refractivity contribution in [3.05, 3.63) is 30.1 Å². The number of likely N-dealkylation sites (N-methyl/N-ethyl adjacent to an activating group) is 1. The molecule has 0 spiro atoms. The Balaban J connectivity index is 2.67. The molecule has 0 aromatic carbocycles. The van der Waals surface area contributed by atoms with E-state index in [2.05, 4.69) is 43.2 Å². The van der Waals surface area contributed by atoms with Gasteiger partial charge in [0.15, 0.2) is 0 Å². The first-order chi connectivity index (χ1) is 6.79. The molecule has 14 heavy (non-hydrogen) atoms. The maximum Gasteiger partial charge on any atom is 0.0270 e. The average molecular weight is 192 g/mol. The van der Waals surface area contributed by atoms with Crippen LogP contribution in [0.5, 0.6) is 0 Å². The quantitative estimate of drug-likeness (QED) is 0.775. The van der Waals surface area contributed by atoms with Gasteiger partial charge in [0.05, 0.1) is 0 Å². The van der Waals surface area contributed by atoms with Crippen molar-refractivity contribution in [3.63, 3.8) is 0 Å². The molecule has 0 saturated heterocycles. The van der Waals surface area contributed by atoms with E-state index >= 15 is 0 Å². The summed E-state index contributed by atoms with van der Waals surface area (Å²) in [5, 5.41) is 3.51. The van der Waals surface area contributed by atoms with Crippen molar-refractivity contribution >= 4 is 0 Å².